The Balaban J connectivity index is 2.29. The fourth-order valence-electron chi connectivity index (χ4n) is 2.52. The van der Waals surface area contributed by atoms with Crippen molar-refractivity contribution in [3.63, 3.8) is 0 Å². The minimum absolute atomic E-state index is 0.237. The van der Waals surface area contributed by atoms with Gasteiger partial charge in [0.2, 0.25) is 0 Å². The van der Waals surface area contributed by atoms with E-state index in [0.29, 0.717) is 10.6 Å². The van der Waals surface area contributed by atoms with Gasteiger partial charge >= 0.3 is 0 Å². The molecule has 0 aliphatic heterocycles. The highest BCUT2D eigenvalue weighted by Gasteiger charge is 2.19. The van der Waals surface area contributed by atoms with E-state index >= 15 is 0 Å². The molecule has 0 aromatic heterocycles. The summed E-state index contributed by atoms with van der Waals surface area (Å²) in [7, 11) is 1.82. The number of benzene rings is 2. The molecule has 1 N–H and O–H groups in total. The van der Waals surface area contributed by atoms with E-state index in [0.717, 1.165) is 12.0 Å². The quantitative estimate of drug-likeness (QED) is 0.780. The molecule has 21 heavy (non-hydrogen) atoms. The molecule has 0 saturated carbocycles. The van der Waals surface area contributed by atoms with E-state index in [1.807, 2.05) is 7.05 Å². The van der Waals surface area contributed by atoms with Crippen molar-refractivity contribution in [1.29, 1.82) is 0 Å². The minimum atomic E-state index is -0.281. The van der Waals surface area contributed by atoms with E-state index in [9.17, 15) is 4.39 Å². The zero-order chi connectivity index (χ0) is 15.2. The number of nitrogens with one attached hydrogen (secondary N) is 1. The van der Waals surface area contributed by atoms with Crippen LogP contribution in [-0.2, 0) is 6.42 Å². The first kappa shape index (κ1) is 16.0. The number of halogens is 2. The van der Waals surface area contributed by atoms with Crippen molar-refractivity contribution in [2.75, 3.05) is 7.05 Å². The van der Waals surface area contributed by atoms with Crippen LogP contribution in [0.15, 0.2) is 42.5 Å². The standard InChI is InChI=1S/C18H21ClFN/c1-3-4-6-13-9-11-14(12-10-13)18(21-2)17-15(19)7-5-8-16(17)20/h5,7-12,18,21H,3-4,6H2,1-2H3. The van der Waals surface area contributed by atoms with Crippen LogP contribution < -0.4 is 5.32 Å². The number of aryl methyl sites for hydroxylation is 1. The van der Waals surface area contributed by atoms with Crippen molar-refractivity contribution in [1.82, 2.24) is 5.32 Å². The normalized spacial score (nSPS) is 12.4. The molecular weight excluding hydrogens is 285 g/mol. The van der Waals surface area contributed by atoms with Gasteiger partial charge in [-0.25, -0.2) is 4.39 Å². The molecule has 0 fully saturated rings. The lowest BCUT2D eigenvalue weighted by Gasteiger charge is -2.19. The SMILES string of the molecule is CCCCc1ccc(C(NC)c2c(F)cccc2Cl)cc1. The summed E-state index contributed by atoms with van der Waals surface area (Å²) in [5.74, 6) is -0.281. The van der Waals surface area contributed by atoms with Gasteiger partial charge in [0.1, 0.15) is 5.82 Å². The third-order valence-electron chi connectivity index (χ3n) is 3.71. The highest BCUT2D eigenvalue weighted by Crippen LogP contribution is 2.30. The van der Waals surface area contributed by atoms with E-state index in [1.165, 1.54) is 24.5 Å². The average molecular weight is 306 g/mol. The van der Waals surface area contributed by atoms with Gasteiger partial charge in [-0.1, -0.05) is 55.3 Å². The zero-order valence-electron chi connectivity index (χ0n) is 12.5. The average Bonchev–Trinajstić information content (AvgIpc) is 2.50. The van der Waals surface area contributed by atoms with Crippen LogP contribution in [0, 0.1) is 5.82 Å². The molecule has 0 amide bonds. The Bertz CT molecular complexity index is 560. The van der Waals surface area contributed by atoms with Crippen molar-refractivity contribution < 1.29 is 4.39 Å². The smallest absolute Gasteiger partial charge is 0.129 e. The summed E-state index contributed by atoms with van der Waals surface area (Å²) in [5.41, 5.74) is 2.84. The van der Waals surface area contributed by atoms with Gasteiger partial charge < -0.3 is 5.32 Å². The van der Waals surface area contributed by atoms with Crippen LogP contribution in [0.2, 0.25) is 5.02 Å². The first-order valence-electron chi connectivity index (χ1n) is 7.37. The summed E-state index contributed by atoms with van der Waals surface area (Å²) < 4.78 is 14.1. The molecule has 0 heterocycles. The van der Waals surface area contributed by atoms with Crippen LogP contribution in [0.1, 0.15) is 42.5 Å². The Morgan fingerprint density at radius 1 is 1.14 bits per heavy atom. The summed E-state index contributed by atoms with van der Waals surface area (Å²) in [6.45, 7) is 2.19. The molecule has 1 atom stereocenters. The zero-order valence-corrected chi connectivity index (χ0v) is 13.3. The molecule has 0 aliphatic carbocycles. The molecule has 3 heteroatoms. The summed E-state index contributed by atoms with van der Waals surface area (Å²) >= 11 is 6.17. The van der Waals surface area contributed by atoms with Crippen molar-refractivity contribution in [3.8, 4) is 0 Å². The van der Waals surface area contributed by atoms with E-state index in [-0.39, 0.29) is 11.9 Å². The maximum Gasteiger partial charge on any atom is 0.129 e. The van der Waals surface area contributed by atoms with E-state index in [4.69, 9.17) is 11.6 Å². The molecule has 0 bridgehead atoms. The van der Waals surface area contributed by atoms with Gasteiger partial charge in [-0.3, -0.25) is 0 Å². The maximum absolute atomic E-state index is 14.1. The Morgan fingerprint density at radius 2 is 1.86 bits per heavy atom. The summed E-state index contributed by atoms with van der Waals surface area (Å²) in [6.07, 6.45) is 3.46. The Kier molecular flexibility index (Phi) is 5.77. The van der Waals surface area contributed by atoms with E-state index in [2.05, 4.69) is 36.5 Å². The maximum atomic E-state index is 14.1. The van der Waals surface area contributed by atoms with Gasteiger partial charge in [0.25, 0.3) is 0 Å². The van der Waals surface area contributed by atoms with Crippen LogP contribution in [0.25, 0.3) is 0 Å². The van der Waals surface area contributed by atoms with E-state index in [1.54, 1.807) is 12.1 Å². The summed E-state index contributed by atoms with van der Waals surface area (Å²) in [6, 6.07) is 12.9. The lowest BCUT2D eigenvalue weighted by Crippen LogP contribution is -2.19. The fraction of sp³-hybridized carbons (Fsp3) is 0.333. The highest BCUT2D eigenvalue weighted by atomic mass is 35.5. The predicted octanol–water partition coefficient (Wildman–Crippen LogP) is 5.13. The lowest BCUT2D eigenvalue weighted by atomic mass is 9.96. The number of hydrogen-bond donors (Lipinski definition) is 1. The number of rotatable bonds is 6. The van der Waals surface area contributed by atoms with Crippen LogP contribution in [0.3, 0.4) is 0 Å². The first-order chi connectivity index (χ1) is 10.2. The van der Waals surface area contributed by atoms with Gasteiger partial charge in [0.05, 0.1) is 6.04 Å². The van der Waals surface area contributed by atoms with Gasteiger partial charge in [-0.05, 0) is 43.1 Å². The van der Waals surface area contributed by atoms with Gasteiger partial charge in [0, 0.05) is 10.6 Å². The Labute approximate surface area is 131 Å². The molecule has 0 radical (unpaired) electrons. The Morgan fingerprint density at radius 3 is 2.43 bits per heavy atom. The predicted molar refractivity (Wildman–Crippen MR) is 87.4 cm³/mol. The van der Waals surface area contributed by atoms with Crippen LogP contribution in [0.5, 0.6) is 0 Å². The lowest BCUT2D eigenvalue weighted by molar-refractivity contribution is 0.576. The monoisotopic (exact) mass is 305 g/mol. The molecule has 1 nitrogen and oxygen atoms in total. The molecular formula is C18H21ClFN. The minimum Gasteiger partial charge on any atom is -0.309 e. The van der Waals surface area contributed by atoms with Crippen molar-refractivity contribution >= 4 is 11.6 Å². The summed E-state index contributed by atoms with van der Waals surface area (Å²) in [5, 5.41) is 3.60. The fourth-order valence-corrected chi connectivity index (χ4v) is 2.79. The second-order valence-electron chi connectivity index (χ2n) is 5.20. The largest absolute Gasteiger partial charge is 0.309 e. The number of unbranched alkanes of at least 4 members (excludes halogenated alkanes) is 1. The molecule has 2 rings (SSSR count). The van der Waals surface area contributed by atoms with Gasteiger partial charge in [0.15, 0.2) is 0 Å². The molecule has 2 aromatic carbocycles. The molecule has 0 spiro atoms. The van der Waals surface area contributed by atoms with Crippen molar-refractivity contribution in [3.05, 3.63) is 70.0 Å². The molecule has 1 unspecified atom stereocenters. The molecule has 2 aromatic rings. The third-order valence-corrected chi connectivity index (χ3v) is 4.04. The van der Waals surface area contributed by atoms with Gasteiger partial charge in [-0.2, -0.15) is 0 Å². The van der Waals surface area contributed by atoms with E-state index < -0.39 is 0 Å². The highest BCUT2D eigenvalue weighted by molar-refractivity contribution is 6.31. The second-order valence-corrected chi connectivity index (χ2v) is 5.61. The first-order valence-corrected chi connectivity index (χ1v) is 7.75. The second kappa shape index (κ2) is 7.58. The van der Waals surface area contributed by atoms with Gasteiger partial charge in [-0.15, -0.1) is 0 Å². The third kappa shape index (κ3) is 3.84. The molecule has 0 saturated heterocycles. The van der Waals surface area contributed by atoms with Crippen LogP contribution in [0.4, 0.5) is 4.39 Å². The Hall–Kier alpha value is -1.38. The number of hydrogen-bond acceptors (Lipinski definition) is 1. The molecule has 112 valence electrons. The van der Waals surface area contributed by atoms with Crippen LogP contribution in [-0.4, -0.2) is 7.05 Å². The topological polar surface area (TPSA) is 12.0 Å². The summed E-state index contributed by atoms with van der Waals surface area (Å²) in [4.78, 5) is 0. The van der Waals surface area contributed by atoms with Crippen molar-refractivity contribution in [2.45, 2.75) is 32.2 Å². The molecule has 0 aliphatic rings. The van der Waals surface area contributed by atoms with Crippen LogP contribution >= 0.6 is 11.6 Å². The van der Waals surface area contributed by atoms with Crippen molar-refractivity contribution in [2.24, 2.45) is 0 Å².